The molecule has 4 rings (SSSR count). The van der Waals surface area contributed by atoms with E-state index in [0.29, 0.717) is 21.6 Å². The molecule has 0 aliphatic carbocycles. The lowest BCUT2D eigenvalue weighted by Crippen LogP contribution is -2.35. The Morgan fingerprint density at radius 1 is 1.21 bits per heavy atom. The Morgan fingerprint density at radius 3 is 2.69 bits per heavy atom. The monoisotopic (exact) mass is 424 g/mol. The van der Waals surface area contributed by atoms with Crippen molar-refractivity contribution in [1.82, 2.24) is 9.55 Å². The van der Waals surface area contributed by atoms with Gasteiger partial charge in [-0.15, -0.1) is 18.3 Å². The van der Waals surface area contributed by atoms with Gasteiger partial charge in [0, 0.05) is 0 Å². The van der Waals surface area contributed by atoms with Gasteiger partial charge in [0.15, 0.2) is 0 Å². The van der Waals surface area contributed by atoms with E-state index in [1.165, 1.54) is 16.7 Å². The molecule has 7 nitrogen and oxygen atoms in total. The van der Waals surface area contributed by atoms with Gasteiger partial charge in [-0.3, -0.25) is 14.8 Å². The molecule has 0 spiro atoms. The van der Waals surface area contributed by atoms with E-state index in [1.807, 2.05) is 0 Å². The summed E-state index contributed by atoms with van der Waals surface area (Å²) < 4.78 is 47.4. The molecule has 0 saturated heterocycles. The summed E-state index contributed by atoms with van der Waals surface area (Å²) in [7, 11) is 0. The third kappa shape index (κ3) is 3.97. The highest BCUT2D eigenvalue weighted by atomic mass is 35.5. The van der Waals surface area contributed by atoms with E-state index < -0.39 is 6.36 Å². The molecule has 2 aromatic carbocycles. The number of nitrogens with zero attached hydrogens (tertiary/aromatic N) is 3. The fourth-order valence-electron chi connectivity index (χ4n) is 2.82. The fraction of sp³-hybridized carbons (Fsp3) is 0.167. The van der Waals surface area contributed by atoms with Crippen molar-refractivity contribution >= 4 is 34.1 Å². The number of ether oxygens (including phenoxy) is 2. The first-order valence-corrected chi connectivity index (χ1v) is 8.71. The number of alkyl halides is 3. The molecular weight excluding hydrogens is 413 g/mol. The molecule has 1 aliphatic heterocycles. The number of anilines is 1. The molecule has 0 fully saturated rings. The molecule has 29 heavy (non-hydrogen) atoms. The number of aromatic nitrogens is 2. The molecule has 0 bridgehead atoms. The summed E-state index contributed by atoms with van der Waals surface area (Å²) in [6.07, 6.45) is -4.76. The van der Waals surface area contributed by atoms with Crippen LogP contribution in [0.2, 0.25) is 5.02 Å². The average Bonchev–Trinajstić information content (AvgIpc) is 2.66. The fourth-order valence-corrected chi connectivity index (χ4v) is 3.07. The van der Waals surface area contributed by atoms with Gasteiger partial charge in [-0.1, -0.05) is 17.7 Å². The van der Waals surface area contributed by atoms with Crippen LogP contribution in [0.5, 0.6) is 5.75 Å². The van der Waals surface area contributed by atoms with Crippen LogP contribution in [0.4, 0.5) is 18.9 Å². The average molecular weight is 425 g/mol. The van der Waals surface area contributed by atoms with Crippen molar-refractivity contribution in [2.24, 2.45) is 5.10 Å². The zero-order chi connectivity index (χ0) is 20.6. The molecule has 0 atom stereocenters. The van der Waals surface area contributed by atoms with Crippen molar-refractivity contribution in [3.8, 4) is 5.75 Å². The SMILES string of the molecule is O=c1c2c(Cl)cccc2nc2n1CCO/C2=N/Nc1ccc(OC(F)(F)F)cc1. The number of hydrazone groups is 1. The van der Waals surface area contributed by atoms with Crippen molar-refractivity contribution in [2.75, 3.05) is 12.0 Å². The van der Waals surface area contributed by atoms with Gasteiger partial charge in [0.05, 0.1) is 28.2 Å². The second-order valence-electron chi connectivity index (χ2n) is 5.98. The Bertz CT molecular complexity index is 1160. The highest BCUT2D eigenvalue weighted by Gasteiger charge is 2.31. The summed E-state index contributed by atoms with van der Waals surface area (Å²) in [6.45, 7) is 0.480. The van der Waals surface area contributed by atoms with Gasteiger partial charge in [0.2, 0.25) is 5.82 Å². The van der Waals surface area contributed by atoms with Gasteiger partial charge >= 0.3 is 6.36 Å². The number of hydrogen-bond acceptors (Lipinski definition) is 6. The Hall–Kier alpha value is -3.27. The first-order chi connectivity index (χ1) is 13.8. The molecule has 1 N–H and O–H groups in total. The van der Waals surface area contributed by atoms with Crippen LogP contribution in [0, 0.1) is 0 Å². The lowest BCUT2D eigenvalue weighted by Gasteiger charge is -2.20. The number of hydrogen-bond donors (Lipinski definition) is 1. The van der Waals surface area contributed by atoms with Crippen LogP contribution in [-0.2, 0) is 11.3 Å². The molecule has 2 heterocycles. The molecule has 150 valence electrons. The lowest BCUT2D eigenvalue weighted by atomic mass is 10.2. The van der Waals surface area contributed by atoms with Crippen molar-refractivity contribution in [2.45, 2.75) is 12.9 Å². The predicted molar refractivity (Wildman–Crippen MR) is 100 cm³/mol. The number of rotatable bonds is 3. The zero-order valence-corrected chi connectivity index (χ0v) is 15.3. The quantitative estimate of drug-likeness (QED) is 0.648. The van der Waals surface area contributed by atoms with E-state index in [0.717, 1.165) is 12.1 Å². The molecule has 3 aromatic rings. The third-order valence-electron chi connectivity index (χ3n) is 4.05. The largest absolute Gasteiger partial charge is 0.573 e. The molecule has 0 saturated carbocycles. The predicted octanol–water partition coefficient (Wildman–Crippen LogP) is 3.75. The third-order valence-corrected chi connectivity index (χ3v) is 4.37. The van der Waals surface area contributed by atoms with Gasteiger partial charge in [-0.2, -0.15) is 0 Å². The van der Waals surface area contributed by atoms with Crippen LogP contribution in [-0.4, -0.2) is 28.4 Å². The van der Waals surface area contributed by atoms with Crippen molar-refractivity contribution < 1.29 is 22.6 Å². The highest BCUT2D eigenvalue weighted by molar-refractivity contribution is 6.35. The minimum absolute atomic E-state index is 0.0749. The molecule has 1 aliphatic rings. The van der Waals surface area contributed by atoms with E-state index in [9.17, 15) is 18.0 Å². The van der Waals surface area contributed by atoms with Crippen molar-refractivity contribution in [3.05, 3.63) is 63.7 Å². The molecule has 0 unspecified atom stereocenters. The molecule has 11 heteroatoms. The van der Waals surface area contributed by atoms with Gasteiger partial charge in [-0.05, 0) is 36.4 Å². The summed E-state index contributed by atoms with van der Waals surface area (Å²) in [5.41, 5.74) is 3.15. The summed E-state index contributed by atoms with van der Waals surface area (Å²) in [6, 6.07) is 9.94. The topological polar surface area (TPSA) is 77.7 Å². The second-order valence-corrected chi connectivity index (χ2v) is 6.38. The van der Waals surface area contributed by atoms with Crippen LogP contribution < -0.4 is 15.7 Å². The van der Waals surface area contributed by atoms with Crippen LogP contribution in [0.1, 0.15) is 5.82 Å². The van der Waals surface area contributed by atoms with E-state index in [4.69, 9.17) is 16.3 Å². The van der Waals surface area contributed by atoms with E-state index in [-0.39, 0.29) is 36.2 Å². The van der Waals surface area contributed by atoms with Gasteiger partial charge < -0.3 is 9.47 Å². The Morgan fingerprint density at radius 2 is 1.97 bits per heavy atom. The first kappa shape index (κ1) is 19.1. The Kier molecular flexibility index (Phi) is 4.79. The summed E-state index contributed by atoms with van der Waals surface area (Å²) in [5, 5.41) is 4.71. The van der Waals surface area contributed by atoms with Crippen LogP contribution >= 0.6 is 11.6 Å². The standard InChI is InChI=1S/C18H12ClF3N4O3/c19-12-2-1-3-13-14(12)17(27)26-8-9-28-16(15(26)23-13)25-24-10-4-6-11(7-5-10)29-18(20,21)22/h1-7,24H,8-9H2/b25-16+. The van der Waals surface area contributed by atoms with Gasteiger partial charge in [-0.25, -0.2) is 4.98 Å². The van der Waals surface area contributed by atoms with E-state index in [1.54, 1.807) is 18.2 Å². The normalized spacial score (nSPS) is 15.1. The highest BCUT2D eigenvalue weighted by Crippen LogP contribution is 2.24. The summed E-state index contributed by atoms with van der Waals surface area (Å²) in [4.78, 5) is 17.2. The van der Waals surface area contributed by atoms with Crippen LogP contribution in [0.15, 0.2) is 52.4 Å². The molecule has 0 radical (unpaired) electrons. The van der Waals surface area contributed by atoms with Crippen molar-refractivity contribution in [1.29, 1.82) is 0 Å². The smallest absolute Gasteiger partial charge is 0.472 e. The minimum Gasteiger partial charge on any atom is -0.472 e. The van der Waals surface area contributed by atoms with Crippen LogP contribution in [0.25, 0.3) is 10.9 Å². The van der Waals surface area contributed by atoms with E-state index in [2.05, 4.69) is 20.2 Å². The Labute approximate surface area is 166 Å². The number of halogens is 4. The summed E-state index contributed by atoms with van der Waals surface area (Å²) in [5.74, 6) is -0.0575. The van der Waals surface area contributed by atoms with Gasteiger partial charge in [0.25, 0.3) is 11.5 Å². The van der Waals surface area contributed by atoms with E-state index >= 15 is 0 Å². The van der Waals surface area contributed by atoms with Crippen LogP contribution in [0.3, 0.4) is 0 Å². The zero-order valence-electron chi connectivity index (χ0n) is 14.5. The Balaban J connectivity index is 1.64. The molecule has 1 aromatic heterocycles. The minimum atomic E-state index is -4.76. The maximum atomic E-state index is 12.8. The summed E-state index contributed by atoms with van der Waals surface area (Å²) >= 11 is 6.13. The second kappa shape index (κ2) is 7.28. The lowest BCUT2D eigenvalue weighted by molar-refractivity contribution is -0.274. The van der Waals surface area contributed by atoms with Gasteiger partial charge in [0.1, 0.15) is 12.4 Å². The van der Waals surface area contributed by atoms with Crippen molar-refractivity contribution in [3.63, 3.8) is 0 Å². The number of nitrogens with one attached hydrogen (secondary N) is 1. The number of fused-ring (bicyclic) bond motifs is 2. The molecule has 0 amide bonds. The molecular formula is C18H12ClF3N4O3. The number of benzene rings is 2. The first-order valence-electron chi connectivity index (χ1n) is 8.33. The maximum Gasteiger partial charge on any atom is 0.573 e. The maximum absolute atomic E-state index is 12.8.